The van der Waals surface area contributed by atoms with Gasteiger partial charge in [0.2, 0.25) is 11.5 Å². The molecule has 1 saturated carbocycles. The number of Topliss-reactive ketones (excluding diaryl/α,β-unsaturated/α-hetero) is 1. The van der Waals surface area contributed by atoms with Crippen molar-refractivity contribution in [1.82, 2.24) is 14.8 Å². The van der Waals surface area contributed by atoms with E-state index in [2.05, 4.69) is 4.98 Å². The maximum absolute atomic E-state index is 14.0. The number of halogens is 2. The molecule has 0 spiro atoms. The molecule has 2 aromatic carbocycles. The Bertz CT molecular complexity index is 1510. The number of fused-ring (bicyclic) bond motifs is 2. The number of nitrogens with zero attached hydrogens (tertiary/aromatic N) is 3. The molecule has 0 bridgehead atoms. The number of aromatic nitrogens is 1. The van der Waals surface area contributed by atoms with E-state index >= 15 is 0 Å². The van der Waals surface area contributed by atoms with Crippen molar-refractivity contribution >= 4 is 57.4 Å². The predicted octanol–water partition coefficient (Wildman–Crippen LogP) is 3.60. The van der Waals surface area contributed by atoms with Crippen molar-refractivity contribution in [2.45, 2.75) is 18.9 Å². The molecule has 3 aromatic rings. The minimum Gasteiger partial charge on any atom is -0.367 e. The number of hydrogen-bond acceptors (Lipinski definition) is 5. The molecule has 0 radical (unpaired) electrons. The Hall–Kier alpha value is -3.36. The smallest absolute Gasteiger partial charge is 0.255 e. The summed E-state index contributed by atoms with van der Waals surface area (Å²) in [6.07, 6.45) is 1.02. The molecule has 3 aliphatic rings. The largest absolute Gasteiger partial charge is 0.367 e. The Labute approximate surface area is 229 Å². The Balaban J connectivity index is 1.34. The van der Waals surface area contributed by atoms with E-state index in [1.807, 2.05) is 17.0 Å². The number of pyridine rings is 1. The second-order valence-electron chi connectivity index (χ2n) is 10.4. The molecule has 6 rings (SSSR count). The molecule has 3 heterocycles. The Morgan fingerprint density at radius 2 is 1.61 bits per heavy atom. The van der Waals surface area contributed by atoms with E-state index < -0.39 is 6.04 Å². The molecule has 3 fully saturated rings. The van der Waals surface area contributed by atoms with E-state index in [4.69, 9.17) is 23.2 Å². The topological polar surface area (TPSA) is 93.8 Å². The lowest BCUT2D eigenvalue weighted by molar-refractivity contribution is -0.136. The van der Waals surface area contributed by atoms with Gasteiger partial charge in [-0.3, -0.25) is 19.2 Å². The van der Waals surface area contributed by atoms with Crippen molar-refractivity contribution in [3.8, 4) is 0 Å². The molecule has 2 amide bonds. The average molecular weight is 553 g/mol. The van der Waals surface area contributed by atoms with Gasteiger partial charge in [0.15, 0.2) is 0 Å². The molecule has 1 N–H and O–H groups in total. The van der Waals surface area contributed by atoms with Crippen LogP contribution >= 0.6 is 23.2 Å². The Morgan fingerprint density at radius 3 is 2.34 bits per heavy atom. The van der Waals surface area contributed by atoms with Crippen molar-refractivity contribution in [1.29, 1.82) is 0 Å². The molecular weight excluding hydrogens is 527 g/mol. The first kappa shape index (κ1) is 24.9. The van der Waals surface area contributed by atoms with Crippen LogP contribution in [0.15, 0.2) is 53.3 Å². The molecule has 8 nitrogen and oxygen atoms in total. The fourth-order valence-corrected chi connectivity index (χ4v) is 6.44. The van der Waals surface area contributed by atoms with Gasteiger partial charge in [0.1, 0.15) is 11.8 Å². The van der Waals surface area contributed by atoms with Gasteiger partial charge in [-0.1, -0.05) is 41.4 Å². The molecule has 3 unspecified atom stereocenters. The summed E-state index contributed by atoms with van der Waals surface area (Å²) in [4.78, 5) is 60.5. The van der Waals surface area contributed by atoms with Gasteiger partial charge >= 0.3 is 0 Å². The van der Waals surface area contributed by atoms with Gasteiger partial charge in [0, 0.05) is 68.2 Å². The van der Waals surface area contributed by atoms with Gasteiger partial charge in [-0.2, -0.15) is 0 Å². The Kier molecular flexibility index (Phi) is 6.40. The van der Waals surface area contributed by atoms with Gasteiger partial charge in [-0.15, -0.1) is 0 Å². The standard InChI is InChI=1S/C28H26Cl2N4O4/c29-22-6-5-18(11-23(22)30)32-7-8-34(27(37)21-12-26(36)31-24-4-2-1-3-20(21)24)25(15-32)28(38)33-13-16-9-19(35)10-17(16)14-33/h1-6,11-12,16-17,25H,7-10,13-15H2,(H,31,36). The maximum atomic E-state index is 14.0. The molecule has 2 saturated heterocycles. The molecule has 10 heteroatoms. The first-order valence-electron chi connectivity index (χ1n) is 12.7. The van der Waals surface area contributed by atoms with Crippen LogP contribution in [-0.2, 0) is 9.59 Å². The number of para-hydroxylation sites is 1. The van der Waals surface area contributed by atoms with Crippen molar-refractivity contribution in [2.75, 3.05) is 37.6 Å². The van der Waals surface area contributed by atoms with Crippen LogP contribution in [0.25, 0.3) is 10.9 Å². The van der Waals surface area contributed by atoms with Gasteiger partial charge in [-0.25, -0.2) is 0 Å². The first-order chi connectivity index (χ1) is 18.3. The summed E-state index contributed by atoms with van der Waals surface area (Å²) in [7, 11) is 0. The van der Waals surface area contributed by atoms with Gasteiger partial charge in [0.05, 0.1) is 15.6 Å². The summed E-state index contributed by atoms with van der Waals surface area (Å²) in [5, 5.41) is 1.48. The predicted molar refractivity (Wildman–Crippen MR) is 146 cm³/mol. The van der Waals surface area contributed by atoms with Crippen LogP contribution in [0.1, 0.15) is 23.2 Å². The third kappa shape index (κ3) is 4.46. The number of nitrogens with one attached hydrogen (secondary N) is 1. The van der Waals surface area contributed by atoms with Crippen LogP contribution in [0.2, 0.25) is 10.0 Å². The normalized spacial score (nSPS) is 23.3. The van der Waals surface area contributed by atoms with Crippen molar-refractivity contribution in [3.63, 3.8) is 0 Å². The lowest BCUT2D eigenvalue weighted by atomic mass is 10.0. The highest BCUT2D eigenvalue weighted by Gasteiger charge is 2.45. The fraction of sp³-hybridized carbons (Fsp3) is 0.357. The summed E-state index contributed by atoms with van der Waals surface area (Å²) in [6, 6.07) is 13.0. The minimum atomic E-state index is -0.765. The van der Waals surface area contributed by atoms with Crippen LogP contribution in [0.3, 0.4) is 0 Å². The average Bonchev–Trinajstić information content (AvgIpc) is 3.46. The highest BCUT2D eigenvalue weighted by Crippen LogP contribution is 2.37. The van der Waals surface area contributed by atoms with Crippen LogP contribution < -0.4 is 10.5 Å². The number of carbonyl (C=O) groups is 3. The van der Waals surface area contributed by atoms with E-state index in [0.717, 1.165) is 5.69 Å². The molecule has 196 valence electrons. The van der Waals surface area contributed by atoms with Gasteiger partial charge in [-0.05, 0) is 36.1 Å². The molecule has 38 heavy (non-hydrogen) atoms. The van der Waals surface area contributed by atoms with Crippen molar-refractivity contribution in [2.24, 2.45) is 11.8 Å². The maximum Gasteiger partial charge on any atom is 0.255 e. The quantitative estimate of drug-likeness (QED) is 0.535. The summed E-state index contributed by atoms with van der Waals surface area (Å²) in [5.74, 6) is 0.130. The minimum absolute atomic E-state index is 0.140. The van der Waals surface area contributed by atoms with E-state index in [9.17, 15) is 19.2 Å². The number of H-pyrrole nitrogens is 1. The van der Waals surface area contributed by atoms with E-state index in [1.54, 1.807) is 40.1 Å². The number of hydrogen-bond donors (Lipinski definition) is 1. The zero-order valence-corrected chi connectivity index (χ0v) is 22.0. The van der Waals surface area contributed by atoms with Crippen LogP contribution in [0.5, 0.6) is 0 Å². The van der Waals surface area contributed by atoms with E-state index in [1.165, 1.54) is 6.07 Å². The summed E-state index contributed by atoms with van der Waals surface area (Å²) in [5.41, 5.74) is 1.28. The summed E-state index contributed by atoms with van der Waals surface area (Å²) in [6.45, 7) is 2.08. The second kappa shape index (κ2) is 9.75. The monoisotopic (exact) mass is 552 g/mol. The van der Waals surface area contributed by atoms with Crippen LogP contribution in [-0.4, -0.2) is 71.1 Å². The summed E-state index contributed by atoms with van der Waals surface area (Å²) >= 11 is 12.4. The number of rotatable bonds is 3. The molecule has 2 aliphatic heterocycles. The van der Waals surface area contributed by atoms with E-state index in [0.29, 0.717) is 53.4 Å². The third-order valence-electron chi connectivity index (χ3n) is 8.04. The number of likely N-dealkylation sites (tertiary alicyclic amines) is 1. The van der Waals surface area contributed by atoms with Crippen molar-refractivity contribution in [3.05, 3.63) is 74.5 Å². The lowest BCUT2D eigenvalue weighted by Gasteiger charge is -2.43. The zero-order valence-electron chi connectivity index (χ0n) is 20.5. The number of ketones is 1. The van der Waals surface area contributed by atoms with Crippen molar-refractivity contribution < 1.29 is 14.4 Å². The second-order valence-corrected chi connectivity index (χ2v) is 11.2. The molecular formula is C28H26Cl2N4O4. The van der Waals surface area contributed by atoms with Gasteiger partial charge in [0.25, 0.3) is 5.91 Å². The van der Waals surface area contributed by atoms with Gasteiger partial charge < -0.3 is 19.7 Å². The van der Waals surface area contributed by atoms with E-state index in [-0.39, 0.29) is 53.6 Å². The number of aromatic amines is 1. The molecule has 1 aliphatic carbocycles. The molecule has 1 aromatic heterocycles. The highest BCUT2D eigenvalue weighted by molar-refractivity contribution is 6.42. The SMILES string of the molecule is O=C1CC2CN(C(=O)C3CN(c4ccc(Cl)c(Cl)c4)CCN3C(=O)c3cc(=O)[nH]c4ccccc34)CC2C1. The lowest BCUT2D eigenvalue weighted by Crippen LogP contribution is -2.61. The fourth-order valence-electron chi connectivity index (χ4n) is 6.15. The number of amides is 2. The first-order valence-corrected chi connectivity index (χ1v) is 13.5. The number of benzene rings is 2. The zero-order chi connectivity index (χ0) is 26.6. The summed E-state index contributed by atoms with van der Waals surface area (Å²) < 4.78 is 0. The third-order valence-corrected chi connectivity index (χ3v) is 8.78. The van der Waals surface area contributed by atoms with Crippen LogP contribution in [0.4, 0.5) is 5.69 Å². The van der Waals surface area contributed by atoms with Crippen LogP contribution in [0, 0.1) is 11.8 Å². The molecule has 3 atom stereocenters. The number of carbonyl (C=O) groups excluding carboxylic acids is 3. The number of anilines is 1. The highest BCUT2D eigenvalue weighted by atomic mass is 35.5. The Morgan fingerprint density at radius 1 is 0.868 bits per heavy atom. The number of piperazine rings is 1.